The molecule has 2 amide bonds. The number of halogens is 1. The molecule has 3 rings (SSSR count). The average Bonchev–Trinajstić information content (AvgIpc) is 3.02. The minimum absolute atomic E-state index is 0.129. The van der Waals surface area contributed by atoms with Crippen molar-refractivity contribution < 1.29 is 19.4 Å². The summed E-state index contributed by atoms with van der Waals surface area (Å²) in [6, 6.07) is 4.33. The molecule has 2 N–H and O–H groups in total. The van der Waals surface area contributed by atoms with Gasteiger partial charge in [-0.1, -0.05) is 6.07 Å². The molecular weight excluding hydrogens is 354 g/mol. The van der Waals surface area contributed by atoms with Gasteiger partial charge in [0.1, 0.15) is 16.5 Å². The molecule has 1 aliphatic heterocycles. The fourth-order valence-corrected chi connectivity index (χ4v) is 3.66. The molecule has 1 aliphatic carbocycles. The van der Waals surface area contributed by atoms with Gasteiger partial charge in [-0.2, -0.15) is 0 Å². The Kier molecular flexibility index (Phi) is 3.82. The molecule has 3 unspecified atom stereocenters. The molecule has 2 aliphatic rings. The highest BCUT2D eigenvalue weighted by atomic mass is 79.9. The number of aromatic nitrogens is 1. The Morgan fingerprint density at radius 2 is 2.32 bits per heavy atom. The standard InChI is InChI=1S/C14H16BrN3O4/c1-22-7-14-5-8(18(13(20)21)9(14)6-14)12(19)17-11-4-2-3-10(15)16-11/h2-4,8-9H,5-7H2,1H3,(H,20,21)(H,16,17,19). The largest absolute Gasteiger partial charge is 0.465 e. The van der Waals surface area contributed by atoms with Crippen molar-refractivity contribution in [2.24, 2.45) is 5.41 Å². The fraction of sp³-hybridized carbons (Fsp3) is 0.500. The summed E-state index contributed by atoms with van der Waals surface area (Å²) in [7, 11) is 1.59. The van der Waals surface area contributed by atoms with Crippen LogP contribution in [0.4, 0.5) is 10.6 Å². The summed E-state index contributed by atoms with van der Waals surface area (Å²) in [6.45, 7) is 0.473. The van der Waals surface area contributed by atoms with E-state index in [4.69, 9.17) is 4.74 Å². The fourth-order valence-electron chi connectivity index (χ4n) is 3.31. The van der Waals surface area contributed by atoms with E-state index in [1.54, 1.807) is 25.3 Å². The smallest absolute Gasteiger partial charge is 0.408 e. The van der Waals surface area contributed by atoms with Crippen molar-refractivity contribution in [1.29, 1.82) is 0 Å². The summed E-state index contributed by atoms with van der Waals surface area (Å²) < 4.78 is 5.79. The predicted molar refractivity (Wildman–Crippen MR) is 81.5 cm³/mol. The zero-order valence-corrected chi connectivity index (χ0v) is 13.5. The monoisotopic (exact) mass is 369 g/mol. The molecule has 2 heterocycles. The number of hydrogen-bond acceptors (Lipinski definition) is 4. The highest BCUT2D eigenvalue weighted by molar-refractivity contribution is 9.10. The number of likely N-dealkylation sites (tertiary alicyclic amines) is 1. The molecule has 3 atom stereocenters. The number of amides is 2. The van der Waals surface area contributed by atoms with Crippen LogP contribution in [0, 0.1) is 5.41 Å². The first-order chi connectivity index (χ1) is 10.5. The Morgan fingerprint density at radius 1 is 1.55 bits per heavy atom. The minimum atomic E-state index is -1.07. The van der Waals surface area contributed by atoms with Crippen molar-refractivity contribution in [3.8, 4) is 0 Å². The van der Waals surface area contributed by atoms with Crippen LogP contribution < -0.4 is 5.32 Å². The van der Waals surface area contributed by atoms with E-state index in [2.05, 4.69) is 26.2 Å². The van der Waals surface area contributed by atoms with Crippen LogP contribution in [-0.4, -0.2) is 52.8 Å². The van der Waals surface area contributed by atoms with Gasteiger partial charge in [0.05, 0.1) is 6.61 Å². The molecule has 22 heavy (non-hydrogen) atoms. The lowest BCUT2D eigenvalue weighted by atomic mass is 10.0. The highest BCUT2D eigenvalue weighted by Crippen LogP contribution is 2.59. The first-order valence-corrected chi connectivity index (χ1v) is 7.70. The van der Waals surface area contributed by atoms with Crippen LogP contribution in [0.2, 0.25) is 0 Å². The number of methoxy groups -OCH3 is 1. The van der Waals surface area contributed by atoms with E-state index in [0.717, 1.165) is 6.42 Å². The van der Waals surface area contributed by atoms with E-state index < -0.39 is 12.1 Å². The molecule has 7 nitrogen and oxygen atoms in total. The highest BCUT2D eigenvalue weighted by Gasteiger charge is 2.67. The zero-order chi connectivity index (χ0) is 15.9. The third-order valence-electron chi connectivity index (χ3n) is 4.34. The van der Waals surface area contributed by atoms with Gasteiger partial charge in [0.25, 0.3) is 0 Å². The lowest BCUT2D eigenvalue weighted by molar-refractivity contribution is -0.120. The Bertz CT molecular complexity index is 626. The van der Waals surface area contributed by atoms with Crippen LogP contribution >= 0.6 is 15.9 Å². The van der Waals surface area contributed by atoms with Gasteiger partial charge in [0.2, 0.25) is 5.91 Å². The molecule has 0 spiro atoms. The SMILES string of the molecule is COCC12CC(C(=O)Nc3cccc(Br)n3)N(C(=O)O)C1C2. The Hall–Kier alpha value is -1.67. The van der Waals surface area contributed by atoms with Crippen molar-refractivity contribution in [2.75, 3.05) is 19.0 Å². The van der Waals surface area contributed by atoms with Crippen LogP contribution in [0.5, 0.6) is 0 Å². The van der Waals surface area contributed by atoms with Crippen molar-refractivity contribution in [1.82, 2.24) is 9.88 Å². The number of carbonyl (C=O) groups is 2. The molecule has 0 aromatic carbocycles. The molecule has 1 saturated heterocycles. The van der Waals surface area contributed by atoms with Gasteiger partial charge in [0.15, 0.2) is 0 Å². The number of anilines is 1. The maximum absolute atomic E-state index is 12.4. The number of nitrogens with zero attached hydrogens (tertiary/aromatic N) is 2. The van der Waals surface area contributed by atoms with Crippen LogP contribution in [0.15, 0.2) is 22.8 Å². The van der Waals surface area contributed by atoms with Gasteiger partial charge in [-0.25, -0.2) is 9.78 Å². The predicted octanol–water partition coefficient (Wildman–Crippen LogP) is 1.94. The van der Waals surface area contributed by atoms with Gasteiger partial charge < -0.3 is 15.2 Å². The number of ether oxygens (including phenoxy) is 1. The summed E-state index contributed by atoms with van der Waals surface area (Å²) in [5.74, 6) is 0.0433. The summed E-state index contributed by atoms with van der Waals surface area (Å²) in [5.41, 5.74) is -0.208. The maximum atomic E-state index is 12.4. The molecule has 1 aromatic heterocycles. The Morgan fingerprint density at radius 3 is 2.95 bits per heavy atom. The number of carbonyl (C=O) groups excluding carboxylic acids is 1. The van der Waals surface area contributed by atoms with Crippen molar-refractivity contribution in [3.05, 3.63) is 22.8 Å². The second kappa shape index (κ2) is 5.51. The third kappa shape index (κ3) is 2.56. The van der Waals surface area contributed by atoms with E-state index in [9.17, 15) is 14.7 Å². The number of hydrogen-bond donors (Lipinski definition) is 2. The first kappa shape index (κ1) is 15.2. The molecular formula is C14H16BrN3O4. The third-order valence-corrected chi connectivity index (χ3v) is 4.78. The van der Waals surface area contributed by atoms with E-state index in [1.807, 2.05) is 0 Å². The summed E-state index contributed by atoms with van der Waals surface area (Å²) in [6.07, 6.45) is 0.173. The van der Waals surface area contributed by atoms with Gasteiger partial charge in [-0.15, -0.1) is 0 Å². The van der Waals surface area contributed by atoms with Crippen molar-refractivity contribution >= 4 is 33.7 Å². The second-order valence-electron chi connectivity index (χ2n) is 5.76. The number of carboxylic acid groups (broad SMARTS) is 1. The summed E-state index contributed by atoms with van der Waals surface area (Å²) in [5, 5.41) is 12.1. The molecule has 1 saturated carbocycles. The molecule has 118 valence electrons. The van der Waals surface area contributed by atoms with E-state index in [1.165, 1.54) is 4.90 Å². The summed E-state index contributed by atoms with van der Waals surface area (Å²) >= 11 is 3.23. The Balaban J connectivity index is 1.75. The average molecular weight is 370 g/mol. The summed E-state index contributed by atoms with van der Waals surface area (Å²) in [4.78, 5) is 29.3. The van der Waals surface area contributed by atoms with Gasteiger partial charge in [-0.05, 0) is 40.9 Å². The Labute approximate surface area is 135 Å². The van der Waals surface area contributed by atoms with Gasteiger partial charge >= 0.3 is 6.09 Å². The number of piperidine rings is 1. The number of nitrogens with one attached hydrogen (secondary N) is 1. The molecule has 2 fully saturated rings. The molecule has 1 aromatic rings. The van der Waals surface area contributed by atoms with Crippen LogP contribution in [0.1, 0.15) is 12.8 Å². The molecule has 0 bridgehead atoms. The van der Waals surface area contributed by atoms with E-state index >= 15 is 0 Å². The van der Waals surface area contributed by atoms with Crippen LogP contribution in [0.25, 0.3) is 0 Å². The van der Waals surface area contributed by atoms with E-state index in [-0.39, 0.29) is 17.4 Å². The van der Waals surface area contributed by atoms with Gasteiger partial charge in [0, 0.05) is 18.6 Å². The van der Waals surface area contributed by atoms with E-state index in [0.29, 0.717) is 23.4 Å². The van der Waals surface area contributed by atoms with Crippen molar-refractivity contribution in [2.45, 2.75) is 24.9 Å². The van der Waals surface area contributed by atoms with Gasteiger partial charge in [-0.3, -0.25) is 9.69 Å². The zero-order valence-electron chi connectivity index (χ0n) is 12.0. The first-order valence-electron chi connectivity index (χ1n) is 6.90. The second-order valence-corrected chi connectivity index (χ2v) is 6.57. The maximum Gasteiger partial charge on any atom is 0.408 e. The molecule has 0 radical (unpaired) electrons. The van der Waals surface area contributed by atoms with Crippen LogP contribution in [-0.2, 0) is 9.53 Å². The topological polar surface area (TPSA) is 91.8 Å². The lowest BCUT2D eigenvalue weighted by Gasteiger charge is -2.23. The minimum Gasteiger partial charge on any atom is -0.465 e. The normalized spacial score (nSPS) is 29.1. The molecule has 8 heteroatoms. The lowest BCUT2D eigenvalue weighted by Crippen LogP contribution is -2.44. The number of rotatable bonds is 4. The van der Waals surface area contributed by atoms with Crippen molar-refractivity contribution in [3.63, 3.8) is 0 Å². The number of pyridine rings is 1. The number of fused-ring (bicyclic) bond motifs is 1. The van der Waals surface area contributed by atoms with Crippen LogP contribution in [0.3, 0.4) is 0 Å². The quantitative estimate of drug-likeness (QED) is 0.791.